The first-order valence-corrected chi connectivity index (χ1v) is 7.49. The van der Waals surface area contributed by atoms with Crippen LogP contribution in [-0.4, -0.2) is 33.0 Å². The van der Waals surface area contributed by atoms with Gasteiger partial charge in [0.1, 0.15) is 11.9 Å². The second-order valence-electron chi connectivity index (χ2n) is 5.40. The topological polar surface area (TPSA) is 101 Å². The zero-order chi connectivity index (χ0) is 18.8. The summed E-state index contributed by atoms with van der Waals surface area (Å²) in [5.74, 6) is -1.01. The second kappa shape index (κ2) is 6.64. The molecule has 8 heteroatoms. The van der Waals surface area contributed by atoms with Crippen molar-refractivity contribution in [1.29, 1.82) is 5.26 Å². The maximum absolute atomic E-state index is 14.3. The number of aromatic carboxylic acids is 1. The van der Waals surface area contributed by atoms with Crippen LogP contribution in [0.4, 0.5) is 4.39 Å². The van der Waals surface area contributed by atoms with E-state index in [1.807, 2.05) is 0 Å². The molecule has 3 aromatic rings. The van der Waals surface area contributed by atoms with E-state index in [-0.39, 0.29) is 11.1 Å². The smallest absolute Gasteiger partial charge is 0.337 e. The van der Waals surface area contributed by atoms with Gasteiger partial charge < -0.3 is 9.84 Å². The van der Waals surface area contributed by atoms with Crippen LogP contribution in [0.25, 0.3) is 16.9 Å². The number of nitriles is 1. The van der Waals surface area contributed by atoms with Gasteiger partial charge in [-0.25, -0.2) is 14.2 Å². The van der Waals surface area contributed by atoms with Crippen LogP contribution in [0.15, 0.2) is 36.7 Å². The van der Waals surface area contributed by atoms with Gasteiger partial charge in [-0.3, -0.25) is 0 Å². The van der Waals surface area contributed by atoms with E-state index in [0.717, 1.165) is 0 Å². The maximum atomic E-state index is 14.3. The lowest BCUT2D eigenvalue weighted by molar-refractivity contribution is 0.0696. The van der Waals surface area contributed by atoms with Crippen LogP contribution in [0, 0.1) is 24.1 Å². The summed E-state index contributed by atoms with van der Waals surface area (Å²) < 4.78 is 21.1. The van der Waals surface area contributed by atoms with E-state index in [1.54, 1.807) is 19.1 Å². The normalized spacial score (nSPS) is 10.4. The molecule has 2 heterocycles. The highest BCUT2D eigenvalue weighted by Gasteiger charge is 2.19. The number of rotatable bonds is 4. The predicted molar refractivity (Wildman–Crippen MR) is 89.7 cm³/mol. The largest absolute Gasteiger partial charge is 0.480 e. The standard InChI is InChI=1S/C18H13FN4O3/c1-10-13(5-3-11(7-20)16(10)19)14-9-22-23(17(14)26-2)15-6-4-12(8-21-15)18(24)25/h3-6,8-9H,1-2H3,(H,24,25). The summed E-state index contributed by atoms with van der Waals surface area (Å²) >= 11 is 0. The average Bonchev–Trinajstić information content (AvgIpc) is 3.07. The van der Waals surface area contributed by atoms with Gasteiger partial charge in [-0.1, -0.05) is 6.07 Å². The van der Waals surface area contributed by atoms with Crippen LogP contribution in [0.1, 0.15) is 21.5 Å². The third-order valence-corrected chi connectivity index (χ3v) is 3.93. The quantitative estimate of drug-likeness (QED) is 0.775. The molecule has 0 saturated heterocycles. The Kier molecular flexibility index (Phi) is 4.37. The summed E-state index contributed by atoms with van der Waals surface area (Å²) in [4.78, 5) is 15.0. The van der Waals surface area contributed by atoms with Gasteiger partial charge in [0.2, 0.25) is 5.88 Å². The Morgan fingerprint density at radius 2 is 2.04 bits per heavy atom. The Hall–Kier alpha value is -3.73. The summed E-state index contributed by atoms with van der Waals surface area (Å²) in [5, 5.41) is 22.1. The number of halogens is 1. The van der Waals surface area contributed by atoms with Gasteiger partial charge in [-0.2, -0.15) is 15.0 Å². The fourth-order valence-corrected chi connectivity index (χ4v) is 2.58. The first kappa shape index (κ1) is 17.1. The van der Waals surface area contributed by atoms with E-state index in [2.05, 4.69) is 10.1 Å². The van der Waals surface area contributed by atoms with Crippen molar-refractivity contribution in [1.82, 2.24) is 14.8 Å². The van der Waals surface area contributed by atoms with E-state index < -0.39 is 11.8 Å². The van der Waals surface area contributed by atoms with Gasteiger partial charge in [-0.05, 0) is 36.2 Å². The van der Waals surface area contributed by atoms with Crippen LogP contribution >= 0.6 is 0 Å². The Balaban J connectivity index is 2.11. The van der Waals surface area contributed by atoms with Crippen molar-refractivity contribution < 1.29 is 19.0 Å². The summed E-state index contributed by atoms with van der Waals surface area (Å²) in [7, 11) is 1.44. The molecule has 0 amide bonds. The van der Waals surface area contributed by atoms with Crippen molar-refractivity contribution in [2.24, 2.45) is 0 Å². The molecule has 1 N–H and O–H groups in total. The zero-order valence-electron chi connectivity index (χ0n) is 13.9. The summed E-state index contributed by atoms with van der Waals surface area (Å²) in [6, 6.07) is 7.72. The molecule has 0 spiro atoms. The van der Waals surface area contributed by atoms with Gasteiger partial charge in [0.15, 0.2) is 5.82 Å². The van der Waals surface area contributed by atoms with E-state index >= 15 is 0 Å². The van der Waals surface area contributed by atoms with E-state index in [9.17, 15) is 9.18 Å². The number of aromatic nitrogens is 3. The number of carbonyl (C=O) groups is 1. The Morgan fingerprint density at radius 1 is 1.27 bits per heavy atom. The van der Waals surface area contributed by atoms with Gasteiger partial charge in [-0.15, -0.1) is 0 Å². The number of methoxy groups -OCH3 is 1. The molecule has 0 unspecified atom stereocenters. The molecule has 130 valence electrons. The molecule has 0 saturated carbocycles. The fraction of sp³-hybridized carbons (Fsp3) is 0.111. The van der Waals surface area contributed by atoms with Crippen molar-refractivity contribution >= 4 is 5.97 Å². The monoisotopic (exact) mass is 352 g/mol. The minimum absolute atomic E-state index is 0.0384. The fourth-order valence-electron chi connectivity index (χ4n) is 2.58. The Labute approximate surface area is 147 Å². The van der Waals surface area contributed by atoms with Gasteiger partial charge >= 0.3 is 5.97 Å². The Bertz CT molecular complexity index is 1040. The average molecular weight is 352 g/mol. The van der Waals surface area contributed by atoms with Crippen LogP contribution in [0.5, 0.6) is 5.88 Å². The molecule has 1 aromatic carbocycles. The molecule has 0 aliphatic carbocycles. The van der Waals surface area contributed by atoms with E-state index in [4.69, 9.17) is 15.1 Å². The third kappa shape index (κ3) is 2.75. The number of pyridine rings is 1. The number of nitrogens with zero attached hydrogens (tertiary/aromatic N) is 4. The van der Waals surface area contributed by atoms with Crippen LogP contribution in [0.3, 0.4) is 0 Å². The van der Waals surface area contributed by atoms with Gasteiger partial charge in [0.05, 0.1) is 30.0 Å². The van der Waals surface area contributed by atoms with Crippen LogP contribution < -0.4 is 4.74 Å². The minimum atomic E-state index is -1.08. The second-order valence-corrected chi connectivity index (χ2v) is 5.40. The summed E-state index contributed by atoms with van der Waals surface area (Å²) in [5.41, 5.74) is 1.37. The van der Waals surface area contributed by atoms with Crippen LogP contribution in [0.2, 0.25) is 0 Å². The Morgan fingerprint density at radius 3 is 2.62 bits per heavy atom. The number of hydrogen-bond donors (Lipinski definition) is 1. The molecular formula is C18H13FN4O3. The predicted octanol–water partition coefficient (Wildman–Crippen LogP) is 2.96. The minimum Gasteiger partial charge on any atom is -0.480 e. The van der Waals surface area contributed by atoms with Crippen molar-refractivity contribution in [2.75, 3.05) is 7.11 Å². The first-order chi connectivity index (χ1) is 12.5. The van der Waals surface area contributed by atoms with E-state index in [1.165, 1.54) is 42.4 Å². The van der Waals surface area contributed by atoms with Gasteiger partial charge in [0, 0.05) is 6.20 Å². The van der Waals surface area contributed by atoms with Crippen molar-refractivity contribution in [3.63, 3.8) is 0 Å². The summed E-state index contributed by atoms with van der Waals surface area (Å²) in [6.45, 7) is 1.57. The molecule has 0 fully saturated rings. The molecule has 0 aliphatic rings. The molecule has 0 radical (unpaired) electrons. The zero-order valence-corrected chi connectivity index (χ0v) is 13.9. The summed E-state index contributed by atoms with van der Waals surface area (Å²) in [6.07, 6.45) is 2.71. The number of hydrogen-bond acceptors (Lipinski definition) is 5. The lowest BCUT2D eigenvalue weighted by atomic mass is 10.00. The van der Waals surface area contributed by atoms with Crippen molar-refractivity contribution in [3.8, 4) is 28.9 Å². The molecule has 0 atom stereocenters. The van der Waals surface area contributed by atoms with Crippen molar-refractivity contribution in [3.05, 3.63) is 59.2 Å². The first-order valence-electron chi connectivity index (χ1n) is 7.49. The lowest BCUT2D eigenvalue weighted by Gasteiger charge is -2.10. The molecule has 0 bridgehead atoms. The maximum Gasteiger partial charge on any atom is 0.337 e. The van der Waals surface area contributed by atoms with E-state index in [0.29, 0.717) is 28.4 Å². The highest BCUT2D eigenvalue weighted by Crippen LogP contribution is 2.35. The molecule has 3 rings (SSSR count). The van der Waals surface area contributed by atoms with Gasteiger partial charge in [0.25, 0.3) is 0 Å². The lowest BCUT2D eigenvalue weighted by Crippen LogP contribution is -2.04. The third-order valence-electron chi connectivity index (χ3n) is 3.93. The highest BCUT2D eigenvalue weighted by atomic mass is 19.1. The molecular weight excluding hydrogens is 339 g/mol. The highest BCUT2D eigenvalue weighted by molar-refractivity contribution is 5.87. The number of benzene rings is 1. The van der Waals surface area contributed by atoms with Crippen molar-refractivity contribution in [2.45, 2.75) is 6.92 Å². The SMILES string of the molecule is COc1c(-c2ccc(C#N)c(F)c2C)cnn1-c1ccc(C(=O)O)cn1. The molecule has 7 nitrogen and oxygen atoms in total. The van der Waals surface area contributed by atoms with Crippen LogP contribution in [-0.2, 0) is 0 Å². The number of carboxylic acids is 1. The number of carboxylic acid groups (broad SMARTS) is 1. The molecule has 2 aromatic heterocycles. The molecule has 0 aliphatic heterocycles. The molecule has 26 heavy (non-hydrogen) atoms. The number of ether oxygens (including phenoxy) is 1.